The van der Waals surface area contributed by atoms with Crippen molar-refractivity contribution in [3.05, 3.63) is 90.5 Å². The van der Waals surface area contributed by atoms with Crippen LogP contribution in [0.1, 0.15) is 32.3 Å². The Bertz CT molecular complexity index is 1070. The van der Waals surface area contributed by atoms with Crippen molar-refractivity contribution < 1.29 is 13.2 Å². The van der Waals surface area contributed by atoms with Crippen molar-refractivity contribution in [1.82, 2.24) is 5.32 Å². The standard InChI is InChI=1S/C28H30F3N2PS/c1-19-13-18-25(20(2)32-27(35)33-22-16-14-21(15-17-22)28(29,30)31)26(19)34(23-9-5-3-6-10-23)24-11-7-4-8-12-24/h3-12,14-17,19-20,25-26H,13,18H2,1-2H3,(H2,32,33,35)/t19?,20-,25+,26?/m1/s1. The van der Waals surface area contributed by atoms with Gasteiger partial charge in [0, 0.05) is 11.7 Å². The normalized spacial score (nSPS) is 21.0. The molecule has 2 N–H and O–H groups in total. The van der Waals surface area contributed by atoms with Gasteiger partial charge in [0.15, 0.2) is 5.11 Å². The quantitative estimate of drug-likeness (QED) is 0.276. The highest BCUT2D eigenvalue weighted by atomic mass is 32.1. The van der Waals surface area contributed by atoms with E-state index < -0.39 is 19.7 Å². The minimum atomic E-state index is -4.35. The highest BCUT2D eigenvalue weighted by Gasteiger charge is 2.42. The summed E-state index contributed by atoms with van der Waals surface area (Å²) in [5, 5.41) is 9.68. The maximum absolute atomic E-state index is 12.8. The van der Waals surface area contributed by atoms with Crippen LogP contribution < -0.4 is 21.2 Å². The van der Waals surface area contributed by atoms with Crippen LogP contribution in [0.15, 0.2) is 84.9 Å². The summed E-state index contributed by atoms with van der Waals surface area (Å²) in [6, 6.07) is 26.7. The Morgan fingerprint density at radius 3 is 1.94 bits per heavy atom. The van der Waals surface area contributed by atoms with Crippen molar-refractivity contribution in [2.24, 2.45) is 11.8 Å². The highest BCUT2D eigenvalue weighted by Crippen LogP contribution is 2.53. The molecule has 0 radical (unpaired) electrons. The van der Waals surface area contributed by atoms with Crippen LogP contribution in [0.4, 0.5) is 18.9 Å². The molecule has 0 spiro atoms. The van der Waals surface area contributed by atoms with E-state index in [-0.39, 0.29) is 6.04 Å². The fourth-order valence-corrected chi connectivity index (χ4v) is 8.83. The Kier molecular flexibility index (Phi) is 8.13. The van der Waals surface area contributed by atoms with E-state index >= 15 is 0 Å². The van der Waals surface area contributed by atoms with Gasteiger partial charge >= 0.3 is 6.18 Å². The second kappa shape index (κ2) is 11.1. The summed E-state index contributed by atoms with van der Waals surface area (Å²) in [5.41, 5.74) is 0.356. The second-order valence-corrected chi connectivity index (χ2v) is 12.0. The van der Waals surface area contributed by atoms with Crippen LogP contribution in [-0.4, -0.2) is 16.8 Å². The van der Waals surface area contributed by atoms with Crippen LogP contribution in [0.2, 0.25) is 0 Å². The molecule has 1 aliphatic rings. The molecule has 4 rings (SSSR count). The first kappa shape index (κ1) is 25.7. The number of hydrogen-bond donors (Lipinski definition) is 2. The number of alkyl halides is 3. The summed E-state index contributed by atoms with van der Waals surface area (Å²) < 4.78 is 38.5. The zero-order chi connectivity index (χ0) is 25.0. The number of nitrogens with one attached hydrogen (secondary N) is 2. The van der Waals surface area contributed by atoms with Gasteiger partial charge in [0.2, 0.25) is 0 Å². The van der Waals surface area contributed by atoms with E-state index in [1.54, 1.807) is 0 Å². The van der Waals surface area contributed by atoms with E-state index in [9.17, 15) is 13.2 Å². The SMILES string of the molecule is CC1CC[C@@H]([C@@H](C)NC(=S)Nc2ccc(C(F)(F)F)cc2)C1P(c1ccccc1)c1ccccc1. The molecule has 184 valence electrons. The third kappa shape index (κ3) is 6.23. The van der Waals surface area contributed by atoms with Gasteiger partial charge < -0.3 is 10.6 Å². The lowest BCUT2D eigenvalue weighted by Crippen LogP contribution is -2.44. The average Bonchev–Trinajstić information content (AvgIpc) is 3.21. The van der Waals surface area contributed by atoms with E-state index in [0.717, 1.165) is 18.6 Å². The zero-order valence-electron chi connectivity index (χ0n) is 19.8. The van der Waals surface area contributed by atoms with Gasteiger partial charge in [0.25, 0.3) is 0 Å². The highest BCUT2D eigenvalue weighted by molar-refractivity contribution is 7.80. The summed E-state index contributed by atoms with van der Waals surface area (Å²) >= 11 is 5.54. The number of halogens is 3. The molecule has 7 heteroatoms. The smallest absolute Gasteiger partial charge is 0.360 e. The summed E-state index contributed by atoms with van der Waals surface area (Å²) in [7, 11) is -0.561. The van der Waals surface area contributed by atoms with Crippen LogP contribution in [0.5, 0.6) is 0 Å². The van der Waals surface area contributed by atoms with Crippen LogP contribution >= 0.6 is 20.1 Å². The van der Waals surface area contributed by atoms with Crippen molar-refractivity contribution in [3.63, 3.8) is 0 Å². The summed E-state index contributed by atoms with van der Waals surface area (Å²) in [6.45, 7) is 4.53. The van der Waals surface area contributed by atoms with Gasteiger partial charge in [-0.3, -0.25) is 0 Å². The molecule has 1 fully saturated rings. The Morgan fingerprint density at radius 1 is 0.886 bits per heavy atom. The third-order valence-electron chi connectivity index (χ3n) is 6.81. The minimum Gasteiger partial charge on any atom is -0.360 e. The molecule has 35 heavy (non-hydrogen) atoms. The summed E-state index contributed by atoms with van der Waals surface area (Å²) in [6.07, 6.45) is -2.07. The maximum Gasteiger partial charge on any atom is 0.416 e. The molecule has 0 saturated heterocycles. The molecule has 1 saturated carbocycles. The largest absolute Gasteiger partial charge is 0.416 e. The molecular formula is C28H30F3N2PS. The monoisotopic (exact) mass is 514 g/mol. The van der Waals surface area contributed by atoms with Gasteiger partial charge in [-0.2, -0.15) is 13.2 Å². The first-order valence-electron chi connectivity index (χ1n) is 11.9. The van der Waals surface area contributed by atoms with Gasteiger partial charge in [0.05, 0.1) is 5.56 Å². The number of rotatable bonds is 6. The number of benzene rings is 3. The predicted octanol–water partition coefficient (Wildman–Crippen LogP) is 6.93. The van der Waals surface area contributed by atoms with Crippen LogP contribution in [0, 0.1) is 11.8 Å². The van der Waals surface area contributed by atoms with Crippen LogP contribution in [-0.2, 0) is 6.18 Å². The fourth-order valence-electron chi connectivity index (χ4n) is 5.10. The van der Waals surface area contributed by atoms with Crippen molar-refractivity contribution in [1.29, 1.82) is 0 Å². The lowest BCUT2D eigenvalue weighted by molar-refractivity contribution is -0.137. The Balaban J connectivity index is 1.50. The molecule has 2 nitrogen and oxygen atoms in total. The predicted molar refractivity (Wildman–Crippen MR) is 145 cm³/mol. The number of thiocarbonyl (C=S) groups is 1. The van der Waals surface area contributed by atoms with Gasteiger partial charge in [0.1, 0.15) is 0 Å². The Labute approximate surface area is 212 Å². The molecule has 3 aromatic rings. The summed E-state index contributed by atoms with van der Waals surface area (Å²) in [5.74, 6) is 0.996. The molecule has 0 bridgehead atoms. The first-order chi connectivity index (χ1) is 16.7. The van der Waals surface area contributed by atoms with E-state index in [0.29, 0.717) is 28.3 Å². The van der Waals surface area contributed by atoms with Gasteiger partial charge in [-0.15, -0.1) is 0 Å². The van der Waals surface area contributed by atoms with Crippen LogP contribution in [0.3, 0.4) is 0 Å². The third-order valence-corrected chi connectivity index (χ3v) is 10.2. The topological polar surface area (TPSA) is 24.1 Å². The zero-order valence-corrected chi connectivity index (χ0v) is 21.5. The first-order valence-corrected chi connectivity index (χ1v) is 13.7. The second-order valence-electron chi connectivity index (χ2n) is 9.21. The average molecular weight is 515 g/mol. The van der Waals surface area contributed by atoms with Gasteiger partial charge in [-0.1, -0.05) is 67.6 Å². The molecule has 2 unspecified atom stereocenters. The molecule has 0 heterocycles. The Hall–Kier alpha value is -2.43. The molecule has 0 amide bonds. The van der Waals surface area contributed by atoms with Crippen molar-refractivity contribution in [3.8, 4) is 0 Å². The molecule has 1 aliphatic carbocycles. The van der Waals surface area contributed by atoms with Crippen molar-refractivity contribution in [2.75, 3.05) is 5.32 Å². The van der Waals surface area contributed by atoms with E-state index in [2.05, 4.69) is 85.1 Å². The number of anilines is 1. The van der Waals surface area contributed by atoms with Crippen LogP contribution in [0.25, 0.3) is 0 Å². The lowest BCUT2D eigenvalue weighted by atomic mass is 9.98. The van der Waals surface area contributed by atoms with E-state index in [1.807, 2.05) is 0 Å². The minimum absolute atomic E-state index is 0.122. The molecule has 3 aromatic carbocycles. The van der Waals surface area contributed by atoms with E-state index in [4.69, 9.17) is 12.2 Å². The van der Waals surface area contributed by atoms with E-state index in [1.165, 1.54) is 29.2 Å². The molecule has 0 aliphatic heterocycles. The maximum atomic E-state index is 12.8. The van der Waals surface area contributed by atoms with Crippen molar-refractivity contribution in [2.45, 2.75) is 44.6 Å². The molecule has 0 aromatic heterocycles. The summed E-state index contributed by atoms with van der Waals surface area (Å²) in [4.78, 5) is 0. The molecule has 4 atom stereocenters. The van der Waals surface area contributed by atoms with Crippen molar-refractivity contribution >= 4 is 41.5 Å². The lowest BCUT2D eigenvalue weighted by Gasteiger charge is -2.36. The molecular weight excluding hydrogens is 484 g/mol. The fraction of sp³-hybridized carbons (Fsp3) is 0.321. The number of hydrogen-bond acceptors (Lipinski definition) is 1. The van der Waals surface area contributed by atoms with Gasteiger partial charge in [-0.25, -0.2) is 0 Å². The van der Waals surface area contributed by atoms with Gasteiger partial charge in [-0.05, 0) is 92.3 Å². The Morgan fingerprint density at radius 2 is 1.43 bits per heavy atom.